The highest BCUT2D eigenvalue weighted by molar-refractivity contribution is 5.24. The molecule has 2 aromatic carbocycles. The number of benzene rings is 2. The lowest BCUT2D eigenvalue weighted by Gasteiger charge is -2.42. The third kappa shape index (κ3) is 3.04. The van der Waals surface area contributed by atoms with E-state index in [9.17, 15) is 9.50 Å². The van der Waals surface area contributed by atoms with Crippen LogP contribution < -0.4 is 0 Å². The van der Waals surface area contributed by atoms with Crippen LogP contribution in [0.3, 0.4) is 0 Å². The van der Waals surface area contributed by atoms with Gasteiger partial charge in [0.2, 0.25) is 0 Å². The van der Waals surface area contributed by atoms with Gasteiger partial charge in [0, 0.05) is 12.6 Å². The summed E-state index contributed by atoms with van der Waals surface area (Å²) >= 11 is 0. The number of ether oxygens (including phenoxy) is 1. The van der Waals surface area contributed by atoms with Gasteiger partial charge in [-0.05, 0) is 30.2 Å². The average Bonchev–Trinajstić information content (AvgIpc) is 2.56. The molecule has 116 valence electrons. The number of aliphatic hydroxyl groups excluding tert-OH is 1. The van der Waals surface area contributed by atoms with Crippen LogP contribution in [0.1, 0.15) is 30.1 Å². The molecule has 4 heteroatoms. The summed E-state index contributed by atoms with van der Waals surface area (Å²) in [6.07, 6.45) is -0.912. The zero-order valence-electron chi connectivity index (χ0n) is 12.5. The number of rotatable bonds is 3. The highest BCUT2D eigenvalue weighted by Crippen LogP contribution is 2.35. The third-order valence-corrected chi connectivity index (χ3v) is 4.26. The summed E-state index contributed by atoms with van der Waals surface area (Å²) in [7, 11) is 0. The Labute approximate surface area is 130 Å². The van der Waals surface area contributed by atoms with Crippen LogP contribution in [-0.2, 0) is 4.74 Å². The van der Waals surface area contributed by atoms with Crippen molar-refractivity contribution in [3.05, 3.63) is 71.5 Å². The predicted octanol–water partition coefficient (Wildman–Crippen LogP) is 3.28. The summed E-state index contributed by atoms with van der Waals surface area (Å²) in [6.45, 7) is 3.31. The molecular formula is C18H20FNO2. The molecule has 3 nitrogen and oxygen atoms in total. The molecule has 22 heavy (non-hydrogen) atoms. The van der Waals surface area contributed by atoms with Crippen LogP contribution in [0.25, 0.3) is 0 Å². The van der Waals surface area contributed by atoms with Crippen LogP contribution in [0.4, 0.5) is 4.39 Å². The van der Waals surface area contributed by atoms with Crippen molar-refractivity contribution in [2.45, 2.75) is 25.3 Å². The van der Waals surface area contributed by atoms with Crippen molar-refractivity contribution >= 4 is 0 Å². The quantitative estimate of drug-likeness (QED) is 0.944. The van der Waals surface area contributed by atoms with E-state index in [1.807, 2.05) is 18.2 Å². The normalized spacial score (nSPS) is 24.1. The molecule has 0 spiro atoms. The molecule has 1 aliphatic rings. The third-order valence-electron chi connectivity index (χ3n) is 4.26. The van der Waals surface area contributed by atoms with Gasteiger partial charge in [-0.1, -0.05) is 42.5 Å². The first-order valence-electron chi connectivity index (χ1n) is 7.52. The van der Waals surface area contributed by atoms with Crippen LogP contribution in [0.5, 0.6) is 0 Å². The van der Waals surface area contributed by atoms with Gasteiger partial charge in [-0.25, -0.2) is 4.39 Å². The smallest absolute Gasteiger partial charge is 0.174 e. The van der Waals surface area contributed by atoms with Gasteiger partial charge in [0.1, 0.15) is 5.82 Å². The zero-order valence-corrected chi connectivity index (χ0v) is 12.5. The van der Waals surface area contributed by atoms with Crippen molar-refractivity contribution in [1.29, 1.82) is 0 Å². The van der Waals surface area contributed by atoms with Gasteiger partial charge in [-0.3, -0.25) is 4.90 Å². The second kappa shape index (κ2) is 6.57. The lowest BCUT2D eigenvalue weighted by Crippen LogP contribution is -2.46. The maximum Gasteiger partial charge on any atom is 0.174 e. The van der Waals surface area contributed by atoms with Crippen LogP contribution >= 0.6 is 0 Å². The number of aliphatic hydroxyl groups is 1. The first-order valence-corrected chi connectivity index (χ1v) is 7.52. The van der Waals surface area contributed by atoms with E-state index >= 15 is 0 Å². The van der Waals surface area contributed by atoms with E-state index in [0.717, 1.165) is 12.1 Å². The summed E-state index contributed by atoms with van der Waals surface area (Å²) in [5, 5.41) is 10.3. The summed E-state index contributed by atoms with van der Waals surface area (Å²) < 4.78 is 18.6. The van der Waals surface area contributed by atoms with Gasteiger partial charge < -0.3 is 9.84 Å². The molecule has 0 saturated carbocycles. The lowest BCUT2D eigenvalue weighted by atomic mass is 9.98. The van der Waals surface area contributed by atoms with Crippen molar-refractivity contribution in [3.63, 3.8) is 0 Å². The van der Waals surface area contributed by atoms with Gasteiger partial charge in [-0.2, -0.15) is 0 Å². The van der Waals surface area contributed by atoms with Crippen molar-refractivity contribution in [2.24, 2.45) is 0 Å². The Bertz CT molecular complexity index is 602. The molecule has 3 rings (SSSR count). The molecular weight excluding hydrogens is 281 g/mol. The number of nitrogens with zero attached hydrogens (tertiary/aromatic N) is 1. The molecule has 0 aliphatic carbocycles. The fraction of sp³-hybridized carbons (Fsp3) is 0.333. The SMILES string of the molecule is C[C@H](c1ccccc1)N1CCOC(O)C1c1ccc(F)cc1. The fourth-order valence-electron chi connectivity index (χ4n) is 3.05. The van der Waals surface area contributed by atoms with Gasteiger partial charge in [0.15, 0.2) is 6.29 Å². The molecule has 1 fully saturated rings. The van der Waals surface area contributed by atoms with E-state index in [2.05, 4.69) is 24.0 Å². The Morgan fingerprint density at radius 1 is 1.14 bits per heavy atom. The minimum atomic E-state index is -0.912. The van der Waals surface area contributed by atoms with E-state index in [-0.39, 0.29) is 17.9 Å². The Kier molecular flexibility index (Phi) is 4.52. The molecule has 1 saturated heterocycles. The molecule has 0 aromatic heterocycles. The molecule has 2 unspecified atom stereocenters. The monoisotopic (exact) mass is 301 g/mol. The number of hydrogen-bond donors (Lipinski definition) is 1. The predicted molar refractivity (Wildman–Crippen MR) is 82.7 cm³/mol. The number of halogens is 1. The summed E-state index contributed by atoms with van der Waals surface area (Å²) in [5.41, 5.74) is 2.04. The minimum Gasteiger partial charge on any atom is -0.366 e. The Balaban J connectivity index is 1.91. The van der Waals surface area contributed by atoms with E-state index < -0.39 is 6.29 Å². The van der Waals surface area contributed by atoms with Crippen LogP contribution in [0, 0.1) is 5.82 Å². The van der Waals surface area contributed by atoms with E-state index in [1.165, 1.54) is 17.7 Å². The minimum absolute atomic E-state index is 0.134. The van der Waals surface area contributed by atoms with Gasteiger partial charge in [0.25, 0.3) is 0 Å². The van der Waals surface area contributed by atoms with E-state index in [4.69, 9.17) is 4.74 Å². The lowest BCUT2D eigenvalue weighted by molar-refractivity contribution is -0.189. The number of hydrogen-bond acceptors (Lipinski definition) is 3. The summed E-state index contributed by atoms with van der Waals surface area (Å²) in [4.78, 5) is 2.21. The summed E-state index contributed by atoms with van der Waals surface area (Å²) in [6, 6.07) is 16.3. The van der Waals surface area contributed by atoms with Gasteiger partial charge in [0.05, 0.1) is 12.6 Å². The summed E-state index contributed by atoms with van der Waals surface area (Å²) in [5.74, 6) is -0.280. The maximum atomic E-state index is 13.2. The molecule has 0 amide bonds. The first kappa shape index (κ1) is 15.2. The van der Waals surface area contributed by atoms with E-state index in [1.54, 1.807) is 12.1 Å². The topological polar surface area (TPSA) is 32.7 Å². The Morgan fingerprint density at radius 3 is 2.50 bits per heavy atom. The second-order valence-electron chi connectivity index (χ2n) is 5.58. The van der Waals surface area contributed by atoms with Crippen LogP contribution in [0.15, 0.2) is 54.6 Å². The average molecular weight is 301 g/mol. The van der Waals surface area contributed by atoms with Gasteiger partial charge >= 0.3 is 0 Å². The number of morpholine rings is 1. The molecule has 1 aliphatic heterocycles. The molecule has 0 radical (unpaired) electrons. The van der Waals surface area contributed by atoms with Crippen molar-refractivity contribution < 1.29 is 14.2 Å². The Morgan fingerprint density at radius 2 is 1.82 bits per heavy atom. The second-order valence-corrected chi connectivity index (χ2v) is 5.58. The van der Waals surface area contributed by atoms with Crippen molar-refractivity contribution in [2.75, 3.05) is 13.2 Å². The van der Waals surface area contributed by atoms with Crippen molar-refractivity contribution in [1.82, 2.24) is 4.90 Å². The van der Waals surface area contributed by atoms with E-state index in [0.29, 0.717) is 6.61 Å². The van der Waals surface area contributed by atoms with Crippen LogP contribution in [-0.4, -0.2) is 29.4 Å². The molecule has 2 aromatic rings. The highest BCUT2D eigenvalue weighted by atomic mass is 19.1. The molecule has 1 heterocycles. The molecule has 1 N–H and O–H groups in total. The largest absolute Gasteiger partial charge is 0.366 e. The Hall–Kier alpha value is -1.75. The van der Waals surface area contributed by atoms with Crippen LogP contribution in [0.2, 0.25) is 0 Å². The highest BCUT2D eigenvalue weighted by Gasteiger charge is 2.35. The standard InChI is InChI=1S/C18H20FNO2/c1-13(14-5-3-2-4-6-14)20-11-12-22-18(21)17(20)15-7-9-16(19)10-8-15/h2-10,13,17-18,21H,11-12H2,1H3/t13-,17?,18?/m1/s1. The molecule has 0 bridgehead atoms. The zero-order chi connectivity index (χ0) is 15.5. The first-order chi connectivity index (χ1) is 10.7. The van der Waals surface area contributed by atoms with Gasteiger partial charge in [-0.15, -0.1) is 0 Å². The molecule has 3 atom stereocenters. The van der Waals surface area contributed by atoms with Crippen molar-refractivity contribution in [3.8, 4) is 0 Å². The maximum absolute atomic E-state index is 13.2. The fourth-order valence-corrected chi connectivity index (χ4v) is 3.05.